The van der Waals surface area contributed by atoms with Crippen LogP contribution in [0.15, 0.2) is 24.3 Å². The van der Waals surface area contributed by atoms with Crippen LogP contribution in [-0.4, -0.2) is 130 Å². The quantitative estimate of drug-likeness (QED) is 0.183. The topological polar surface area (TPSA) is 159 Å². The summed E-state index contributed by atoms with van der Waals surface area (Å²) in [6.45, 7) is 12.4. The van der Waals surface area contributed by atoms with E-state index in [4.69, 9.17) is 14.2 Å². The third kappa shape index (κ3) is 12.4. The fourth-order valence-electron chi connectivity index (χ4n) is 7.08. The molecular formula is C38H64N6O8. The maximum absolute atomic E-state index is 13.7. The second-order valence-corrected chi connectivity index (χ2v) is 14.4. The number of carbonyl (C=O) groups excluding carboxylic acids is 5. The fraction of sp³-hybridized carbons (Fsp3) is 0.711. The monoisotopic (exact) mass is 732 g/mol. The van der Waals surface area contributed by atoms with Gasteiger partial charge in [-0.2, -0.15) is 0 Å². The van der Waals surface area contributed by atoms with Crippen molar-refractivity contribution in [3.05, 3.63) is 29.8 Å². The predicted molar refractivity (Wildman–Crippen MR) is 200 cm³/mol. The van der Waals surface area contributed by atoms with E-state index >= 15 is 0 Å². The van der Waals surface area contributed by atoms with E-state index in [0.717, 1.165) is 19.3 Å². The highest BCUT2D eigenvalue weighted by Gasteiger charge is 2.40. The summed E-state index contributed by atoms with van der Waals surface area (Å²) < 4.78 is 17.2. The third-order valence-corrected chi connectivity index (χ3v) is 10.0. The van der Waals surface area contributed by atoms with Gasteiger partial charge in [0.15, 0.2) is 0 Å². The zero-order valence-corrected chi connectivity index (χ0v) is 33.2. The maximum atomic E-state index is 13.7. The molecular weight excluding hydrogens is 668 g/mol. The first-order valence-corrected chi connectivity index (χ1v) is 18.4. The van der Waals surface area contributed by atoms with E-state index in [2.05, 4.69) is 29.8 Å². The van der Waals surface area contributed by atoms with Gasteiger partial charge in [-0.1, -0.05) is 60.1 Å². The SMILES string of the molecule is CCC(C)C(C(CC(=O)N1CCCC1C(OC)C(C)C)OC)N(C)C(=O)CNC(=O)C(C(C)C)N(C)C(=O)OCc1ccc(NC(=O)CNC)cc1. The van der Waals surface area contributed by atoms with Crippen molar-refractivity contribution in [1.82, 2.24) is 25.3 Å². The summed E-state index contributed by atoms with van der Waals surface area (Å²) in [5.74, 6) is -1.07. The lowest BCUT2D eigenvalue weighted by Gasteiger charge is -2.39. The van der Waals surface area contributed by atoms with Crippen molar-refractivity contribution in [3.8, 4) is 0 Å². The minimum Gasteiger partial charge on any atom is -0.445 e. The molecule has 1 saturated heterocycles. The molecule has 1 aromatic carbocycles. The number of nitrogens with zero attached hydrogens (tertiary/aromatic N) is 3. The van der Waals surface area contributed by atoms with Crippen LogP contribution in [0.25, 0.3) is 0 Å². The number of hydrogen-bond donors (Lipinski definition) is 3. The number of ether oxygens (including phenoxy) is 3. The van der Waals surface area contributed by atoms with Crippen molar-refractivity contribution >= 4 is 35.4 Å². The highest BCUT2D eigenvalue weighted by Crippen LogP contribution is 2.29. The second-order valence-electron chi connectivity index (χ2n) is 14.4. The van der Waals surface area contributed by atoms with Gasteiger partial charge in [0.25, 0.3) is 0 Å². The molecule has 0 saturated carbocycles. The van der Waals surface area contributed by atoms with Crippen molar-refractivity contribution in [2.75, 3.05) is 60.3 Å². The number of rotatable bonds is 20. The molecule has 1 heterocycles. The molecule has 5 amide bonds. The average molecular weight is 733 g/mol. The zero-order valence-electron chi connectivity index (χ0n) is 33.2. The lowest BCUT2D eigenvalue weighted by molar-refractivity contribution is -0.144. The van der Waals surface area contributed by atoms with Gasteiger partial charge in [-0.25, -0.2) is 4.79 Å². The highest BCUT2D eigenvalue weighted by molar-refractivity contribution is 5.92. The van der Waals surface area contributed by atoms with E-state index in [1.165, 1.54) is 11.9 Å². The summed E-state index contributed by atoms with van der Waals surface area (Å²) in [4.78, 5) is 70.3. The van der Waals surface area contributed by atoms with Crippen LogP contribution in [0.4, 0.5) is 10.5 Å². The molecule has 1 aromatic rings. The molecule has 0 spiro atoms. The number of benzene rings is 1. The first-order valence-electron chi connectivity index (χ1n) is 18.4. The van der Waals surface area contributed by atoms with Gasteiger partial charge in [0.05, 0.1) is 43.8 Å². The number of nitrogens with one attached hydrogen (secondary N) is 3. The number of likely N-dealkylation sites (tertiary alicyclic amines) is 1. The van der Waals surface area contributed by atoms with Crippen molar-refractivity contribution in [2.24, 2.45) is 17.8 Å². The van der Waals surface area contributed by atoms with Crippen LogP contribution >= 0.6 is 0 Å². The lowest BCUT2D eigenvalue weighted by atomic mass is 9.90. The van der Waals surface area contributed by atoms with Gasteiger partial charge in [-0.15, -0.1) is 0 Å². The van der Waals surface area contributed by atoms with Crippen molar-refractivity contribution in [2.45, 2.75) is 104 Å². The Labute approximate surface area is 310 Å². The molecule has 0 radical (unpaired) electrons. The van der Waals surface area contributed by atoms with Crippen molar-refractivity contribution in [1.29, 1.82) is 0 Å². The standard InChI is InChI=1S/C38H64N6O8/c1-12-26(6)35(30(50-10)20-32(46)44-19-13-14-29(44)36(51-11)25(4)5)42(8)33(47)22-40-37(48)34(24(2)3)43(9)38(49)52-23-27-15-17-28(18-16-27)41-31(45)21-39-7/h15-18,24-26,29-30,34-36,39H,12-14,19-23H2,1-11H3,(H,40,48)(H,41,45). The molecule has 1 aliphatic heterocycles. The Morgan fingerprint density at radius 1 is 0.923 bits per heavy atom. The largest absolute Gasteiger partial charge is 0.445 e. The number of likely N-dealkylation sites (N-methyl/N-ethyl adjacent to an activating group) is 3. The molecule has 3 N–H and O–H groups in total. The van der Waals surface area contributed by atoms with Crippen LogP contribution < -0.4 is 16.0 Å². The normalized spacial score (nSPS) is 17.2. The lowest BCUT2D eigenvalue weighted by Crippen LogP contribution is -2.55. The third-order valence-electron chi connectivity index (χ3n) is 10.0. The molecule has 14 heteroatoms. The Bertz CT molecular complexity index is 1310. The second kappa shape index (κ2) is 21.7. The van der Waals surface area contributed by atoms with E-state index in [1.807, 2.05) is 32.6 Å². The fourth-order valence-corrected chi connectivity index (χ4v) is 7.08. The minimum absolute atomic E-state index is 0.00297. The smallest absolute Gasteiger partial charge is 0.410 e. The van der Waals surface area contributed by atoms with Gasteiger partial charge in [-0.05, 0) is 55.3 Å². The zero-order chi connectivity index (χ0) is 39.1. The van der Waals surface area contributed by atoms with E-state index in [1.54, 1.807) is 57.5 Å². The molecule has 6 atom stereocenters. The molecule has 1 fully saturated rings. The summed E-state index contributed by atoms with van der Waals surface area (Å²) in [5, 5.41) is 8.26. The Morgan fingerprint density at radius 2 is 1.58 bits per heavy atom. The van der Waals surface area contributed by atoms with Crippen LogP contribution in [0.2, 0.25) is 0 Å². The van der Waals surface area contributed by atoms with Gasteiger partial charge >= 0.3 is 6.09 Å². The highest BCUT2D eigenvalue weighted by atomic mass is 16.6. The van der Waals surface area contributed by atoms with Crippen LogP contribution in [0.3, 0.4) is 0 Å². The molecule has 294 valence electrons. The first kappa shape index (κ1) is 44.4. The molecule has 14 nitrogen and oxygen atoms in total. The maximum Gasteiger partial charge on any atom is 0.410 e. The van der Waals surface area contributed by atoms with Crippen LogP contribution in [0, 0.1) is 17.8 Å². The summed E-state index contributed by atoms with van der Waals surface area (Å²) >= 11 is 0. The molecule has 0 aliphatic carbocycles. The van der Waals surface area contributed by atoms with Crippen LogP contribution in [-0.2, 0) is 40.0 Å². The van der Waals surface area contributed by atoms with Crippen molar-refractivity contribution in [3.63, 3.8) is 0 Å². The number of methoxy groups -OCH3 is 2. The summed E-state index contributed by atoms with van der Waals surface area (Å²) in [6, 6.07) is 5.56. The van der Waals surface area contributed by atoms with Gasteiger partial charge in [0, 0.05) is 40.5 Å². The molecule has 2 rings (SSSR count). The Morgan fingerprint density at radius 3 is 2.12 bits per heavy atom. The summed E-state index contributed by atoms with van der Waals surface area (Å²) in [6.07, 6.45) is 1.32. The number of amides is 5. The molecule has 0 aromatic heterocycles. The number of carbonyl (C=O) groups is 5. The average Bonchev–Trinajstić information content (AvgIpc) is 3.59. The molecule has 6 unspecified atom stereocenters. The molecule has 52 heavy (non-hydrogen) atoms. The minimum atomic E-state index is -0.903. The van der Waals surface area contributed by atoms with Gasteiger partial charge in [0.2, 0.25) is 23.6 Å². The van der Waals surface area contributed by atoms with E-state index in [-0.39, 0.29) is 73.7 Å². The first-order chi connectivity index (χ1) is 24.6. The van der Waals surface area contributed by atoms with E-state index in [0.29, 0.717) is 17.8 Å². The Hall–Kier alpha value is -3.75. The Balaban J connectivity index is 2.05. The molecule has 1 aliphatic rings. The number of hydrogen-bond acceptors (Lipinski definition) is 9. The summed E-state index contributed by atoms with van der Waals surface area (Å²) in [5.41, 5.74) is 1.32. The van der Waals surface area contributed by atoms with Gasteiger partial charge in [-0.3, -0.25) is 24.1 Å². The van der Waals surface area contributed by atoms with E-state index < -0.39 is 30.2 Å². The summed E-state index contributed by atoms with van der Waals surface area (Å²) in [7, 11) is 8.09. The predicted octanol–water partition coefficient (Wildman–Crippen LogP) is 3.49. The van der Waals surface area contributed by atoms with Gasteiger partial charge < -0.3 is 40.0 Å². The number of anilines is 1. The van der Waals surface area contributed by atoms with Crippen LogP contribution in [0.5, 0.6) is 0 Å². The van der Waals surface area contributed by atoms with E-state index in [9.17, 15) is 24.0 Å². The van der Waals surface area contributed by atoms with Gasteiger partial charge in [0.1, 0.15) is 12.6 Å². The molecule has 0 bridgehead atoms. The van der Waals surface area contributed by atoms with Crippen LogP contribution in [0.1, 0.15) is 72.8 Å². The van der Waals surface area contributed by atoms with Crippen molar-refractivity contribution < 1.29 is 38.2 Å². The Kier molecular flexibility index (Phi) is 18.5.